The molecule has 2 saturated heterocycles. The van der Waals surface area contributed by atoms with E-state index < -0.39 is 11.2 Å². The van der Waals surface area contributed by atoms with Gasteiger partial charge >= 0.3 is 11.9 Å². The average Bonchev–Trinajstić information content (AvgIpc) is 3.62. The molecule has 0 radical (unpaired) electrons. The lowest BCUT2D eigenvalue weighted by atomic mass is 9.78. The van der Waals surface area contributed by atoms with Gasteiger partial charge in [0.25, 0.3) is 0 Å². The number of hydrogen-bond donors (Lipinski definition) is 0. The number of epoxide rings is 2. The Morgan fingerprint density at radius 3 is 1.34 bits per heavy atom. The molecule has 0 saturated carbocycles. The van der Waals surface area contributed by atoms with Gasteiger partial charge in [0.1, 0.15) is 11.5 Å². The fourth-order valence-corrected chi connectivity index (χ4v) is 2.93. The molecule has 29 heavy (non-hydrogen) atoms. The Bertz CT molecular complexity index is 857. The number of carbonyl (C=O) groups is 2. The predicted molar refractivity (Wildman–Crippen MR) is 105 cm³/mol. The highest BCUT2D eigenvalue weighted by Gasteiger charge is 2.50. The van der Waals surface area contributed by atoms with E-state index in [1.54, 1.807) is 38.1 Å². The lowest BCUT2D eigenvalue weighted by molar-refractivity contribution is -0.140. The third-order valence-corrected chi connectivity index (χ3v) is 5.59. The van der Waals surface area contributed by atoms with Crippen LogP contribution in [0.15, 0.2) is 48.5 Å². The highest BCUT2D eigenvalue weighted by atomic mass is 16.6. The molecule has 0 spiro atoms. The number of rotatable bonds is 6. The van der Waals surface area contributed by atoms with E-state index in [0.717, 1.165) is 11.1 Å². The molecule has 2 atom stereocenters. The topological polar surface area (TPSA) is 77.7 Å². The van der Waals surface area contributed by atoms with E-state index in [-0.39, 0.29) is 17.4 Å². The lowest BCUT2D eigenvalue weighted by Crippen LogP contribution is -2.26. The molecule has 0 N–H and O–H groups in total. The first-order chi connectivity index (χ1) is 13.6. The highest BCUT2D eigenvalue weighted by molar-refractivity contribution is 5.84. The molecular weight excluding hydrogens is 372 g/mol. The summed E-state index contributed by atoms with van der Waals surface area (Å²) in [5, 5.41) is 0. The number of ether oxygens (including phenoxy) is 4. The van der Waals surface area contributed by atoms with Gasteiger partial charge in [-0.25, -0.2) is 9.59 Å². The van der Waals surface area contributed by atoms with E-state index >= 15 is 0 Å². The molecule has 2 fully saturated rings. The number of carbonyl (C=O) groups excluding carboxylic acids is 2. The first kappa shape index (κ1) is 19.6. The normalized spacial score (nSPS) is 25.2. The van der Waals surface area contributed by atoms with Crippen LogP contribution in [0.3, 0.4) is 0 Å². The zero-order chi connectivity index (χ0) is 20.9. The summed E-state index contributed by atoms with van der Waals surface area (Å²) in [6.07, 6.45) is 0. The summed E-state index contributed by atoms with van der Waals surface area (Å²) in [5.41, 5.74) is 0.241. The highest BCUT2D eigenvalue weighted by Crippen LogP contribution is 2.35. The molecule has 2 aromatic rings. The van der Waals surface area contributed by atoms with E-state index in [4.69, 9.17) is 18.9 Å². The summed E-state index contributed by atoms with van der Waals surface area (Å²) in [6.45, 7) is 8.43. The van der Waals surface area contributed by atoms with Crippen LogP contribution in [0.2, 0.25) is 0 Å². The maximum atomic E-state index is 12.0. The number of hydrogen-bond acceptors (Lipinski definition) is 6. The quantitative estimate of drug-likeness (QED) is 0.423. The van der Waals surface area contributed by atoms with Gasteiger partial charge in [-0.15, -0.1) is 0 Å². The third-order valence-electron chi connectivity index (χ3n) is 5.59. The molecule has 2 aromatic carbocycles. The van der Waals surface area contributed by atoms with Gasteiger partial charge in [-0.2, -0.15) is 0 Å². The van der Waals surface area contributed by atoms with Crippen LogP contribution in [0.4, 0.5) is 0 Å². The second-order valence-corrected chi connectivity index (χ2v) is 8.49. The van der Waals surface area contributed by atoms with Crippen LogP contribution < -0.4 is 9.47 Å². The second-order valence-electron chi connectivity index (χ2n) is 8.49. The average molecular weight is 396 g/mol. The lowest BCUT2D eigenvalue weighted by Gasteiger charge is -2.26. The van der Waals surface area contributed by atoms with Crippen molar-refractivity contribution in [3.63, 3.8) is 0 Å². The fraction of sp³-hybridized carbons (Fsp3) is 0.391. The van der Waals surface area contributed by atoms with E-state index in [2.05, 4.69) is 13.8 Å². The minimum Gasteiger partial charge on any atom is -0.424 e. The minimum absolute atomic E-state index is 0.289. The largest absolute Gasteiger partial charge is 0.424 e. The molecule has 4 rings (SSSR count). The Balaban J connectivity index is 1.44. The first-order valence-corrected chi connectivity index (χ1v) is 9.56. The number of benzene rings is 2. The van der Waals surface area contributed by atoms with Crippen molar-refractivity contribution >= 4 is 11.9 Å². The zero-order valence-electron chi connectivity index (χ0n) is 17.0. The summed E-state index contributed by atoms with van der Waals surface area (Å²) < 4.78 is 21.0. The minimum atomic E-state index is -0.799. The van der Waals surface area contributed by atoms with E-state index in [9.17, 15) is 9.59 Å². The Morgan fingerprint density at radius 2 is 1.07 bits per heavy atom. The molecule has 152 valence electrons. The molecule has 0 amide bonds. The van der Waals surface area contributed by atoms with Crippen molar-refractivity contribution in [1.29, 1.82) is 0 Å². The van der Waals surface area contributed by atoms with Crippen LogP contribution >= 0.6 is 0 Å². The molecule has 2 unspecified atom stereocenters. The van der Waals surface area contributed by atoms with Crippen LogP contribution in [0.1, 0.15) is 38.8 Å². The van der Waals surface area contributed by atoms with E-state index in [1.807, 2.05) is 24.3 Å². The summed E-state index contributed by atoms with van der Waals surface area (Å²) in [6, 6.07) is 14.9. The van der Waals surface area contributed by atoms with Gasteiger partial charge < -0.3 is 18.9 Å². The maximum Gasteiger partial charge on any atom is 0.345 e. The van der Waals surface area contributed by atoms with Crippen molar-refractivity contribution in [3.8, 4) is 11.5 Å². The van der Waals surface area contributed by atoms with Crippen molar-refractivity contribution in [3.05, 3.63) is 59.7 Å². The smallest absolute Gasteiger partial charge is 0.345 e. The summed E-state index contributed by atoms with van der Waals surface area (Å²) in [7, 11) is 0. The third kappa shape index (κ3) is 3.91. The van der Waals surface area contributed by atoms with Gasteiger partial charge in [0.05, 0.1) is 13.2 Å². The number of esters is 2. The Labute approximate surface area is 169 Å². The Kier molecular flexibility index (Phi) is 4.52. The fourth-order valence-electron chi connectivity index (χ4n) is 2.93. The van der Waals surface area contributed by atoms with Crippen molar-refractivity contribution in [2.45, 2.75) is 44.3 Å². The molecule has 0 aliphatic carbocycles. The molecule has 6 heteroatoms. The van der Waals surface area contributed by atoms with Gasteiger partial charge in [-0.1, -0.05) is 38.1 Å². The monoisotopic (exact) mass is 396 g/mol. The standard InChI is InChI=1S/C23H24O6/c1-21(2,15-5-9-17(10-6-15)28-19(24)22(3)13-26-22)16-7-11-18(12-8-16)29-20(25)23(4)14-27-23/h5-12H,13-14H2,1-4H3. The van der Waals surface area contributed by atoms with Crippen LogP contribution in [0, 0.1) is 0 Å². The van der Waals surface area contributed by atoms with Gasteiger partial charge in [-0.05, 0) is 49.2 Å². The van der Waals surface area contributed by atoms with Crippen LogP contribution in [0.25, 0.3) is 0 Å². The maximum absolute atomic E-state index is 12.0. The summed E-state index contributed by atoms with van der Waals surface area (Å²) in [4.78, 5) is 24.0. The molecule has 2 aliphatic heterocycles. The SMILES string of the molecule is CC1(C(=O)Oc2ccc(C(C)(C)c3ccc(OC(=O)C4(C)CO4)cc3)cc2)CO1. The van der Waals surface area contributed by atoms with Gasteiger partial charge in [-0.3, -0.25) is 0 Å². The first-order valence-electron chi connectivity index (χ1n) is 9.56. The van der Waals surface area contributed by atoms with Gasteiger partial charge in [0, 0.05) is 5.41 Å². The van der Waals surface area contributed by atoms with Crippen molar-refractivity contribution < 1.29 is 28.5 Å². The summed E-state index contributed by atoms with van der Waals surface area (Å²) >= 11 is 0. The molecule has 0 bridgehead atoms. The predicted octanol–water partition coefficient (Wildman–Crippen LogP) is 3.40. The second kappa shape index (κ2) is 6.68. The van der Waals surface area contributed by atoms with Crippen LogP contribution in [0.5, 0.6) is 11.5 Å². The van der Waals surface area contributed by atoms with Crippen LogP contribution in [-0.2, 0) is 24.5 Å². The Morgan fingerprint density at radius 1 is 0.759 bits per heavy atom. The van der Waals surface area contributed by atoms with E-state index in [0.29, 0.717) is 24.7 Å². The van der Waals surface area contributed by atoms with E-state index in [1.165, 1.54) is 0 Å². The molecule has 2 aliphatic rings. The van der Waals surface area contributed by atoms with Crippen molar-refractivity contribution in [1.82, 2.24) is 0 Å². The zero-order valence-corrected chi connectivity index (χ0v) is 17.0. The molecule has 6 nitrogen and oxygen atoms in total. The van der Waals surface area contributed by atoms with Gasteiger partial charge in [0.2, 0.25) is 0 Å². The van der Waals surface area contributed by atoms with Crippen LogP contribution in [-0.4, -0.2) is 36.4 Å². The van der Waals surface area contributed by atoms with Gasteiger partial charge in [0.15, 0.2) is 11.2 Å². The van der Waals surface area contributed by atoms with Crippen molar-refractivity contribution in [2.24, 2.45) is 0 Å². The molecule has 2 heterocycles. The summed E-state index contributed by atoms with van der Waals surface area (Å²) in [5.74, 6) is 0.230. The molecular formula is C23H24O6. The van der Waals surface area contributed by atoms with Crippen molar-refractivity contribution in [2.75, 3.05) is 13.2 Å². The molecule has 0 aromatic heterocycles. The Hall–Kier alpha value is -2.70.